The van der Waals surface area contributed by atoms with Gasteiger partial charge in [-0.2, -0.15) is 0 Å². The lowest BCUT2D eigenvalue weighted by atomic mass is 9.97. The third-order valence-electron chi connectivity index (χ3n) is 4.65. The number of carbonyl (C=O) groups excluding carboxylic acids is 1. The molecule has 0 amide bonds. The number of carbonyl (C=O) groups is 1. The van der Waals surface area contributed by atoms with Gasteiger partial charge in [0, 0.05) is 6.20 Å². The molecule has 3 aliphatic heterocycles. The molecule has 0 radical (unpaired) electrons. The number of aldehydes is 1. The standard InChI is InChI=1S/C17H23NO6/c1-15(2)21-12-9-20-17(10-18-7-5-6-11(18)8-19)14(13(12)22-15)23-16(3,4)24-17/h5-8,12-14H,9-10H2,1-4H3/t12-,13-,14+,17+/m1/s1. The van der Waals surface area contributed by atoms with E-state index in [0.717, 1.165) is 6.29 Å². The number of hydrogen-bond donors (Lipinski definition) is 0. The van der Waals surface area contributed by atoms with Crippen molar-refractivity contribution < 1.29 is 28.5 Å². The fraction of sp³-hybridized carbons (Fsp3) is 0.706. The molecule has 0 bridgehead atoms. The summed E-state index contributed by atoms with van der Waals surface area (Å²) in [6, 6.07) is 3.57. The largest absolute Gasteiger partial charge is 0.343 e. The average Bonchev–Trinajstić information content (AvgIpc) is 3.11. The molecule has 4 heterocycles. The van der Waals surface area contributed by atoms with Gasteiger partial charge in [-0.3, -0.25) is 4.79 Å². The van der Waals surface area contributed by atoms with E-state index in [9.17, 15) is 4.79 Å². The summed E-state index contributed by atoms with van der Waals surface area (Å²) in [6.45, 7) is 8.15. The van der Waals surface area contributed by atoms with Crippen molar-refractivity contribution in [3.63, 3.8) is 0 Å². The van der Waals surface area contributed by atoms with Crippen molar-refractivity contribution in [3.8, 4) is 0 Å². The second-order valence-electron chi connectivity index (χ2n) is 7.48. The van der Waals surface area contributed by atoms with Crippen LogP contribution in [0.4, 0.5) is 0 Å². The number of aromatic nitrogens is 1. The molecule has 4 atom stereocenters. The minimum Gasteiger partial charge on any atom is -0.343 e. The van der Waals surface area contributed by atoms with Crippen LogP contribution in [0.5, 0.6) is 0 Å². The monoisotopic (exact) mass is 337 g/mol. The first-order valence-electron chi connectivity index (χ1n) is 8.22. The van der Waals surface area contributed by atoms with Crippen LogP contribution < -0.4 is 0 Å². The van der Waals surface area contributed by atoms with Gasteiger partial charge in [0.2, 0.25) is 5.79 Å². The lowest BCUT2D eigenvalue weighted by Gasteiger charge is -2.41. The fourth-order valence-electron chi connectivity index (χ4n) is 3.88. The zero-order valence-corrected chi connectivity index (χ0v) is 14.4. The van der Waals surface area contributed by atoms with Gasteiger partial charge in [0.1, 0.15) is 18.3 Å². The molecule has 3 fully saturated rings. The Morgan fingerprint density at radius 3 is 2.75 bits per heavy atom. The molecule has 3 aliphatic rings. The second kappa shape index (κ2) is 5.12. The molecule has 4 rings (SSSR count). The van der Waals surface area contributed by atoms with Crippen molar-refractivity contribution in [1.82, 2.24) is 4.57 Å². The second-order valence-corrected chi connectivity index (χ2v) is 7.48. The van der Waals surface area contributed by atoms with E-state index >= 15 is 0 Å². The Morgan fingerprint density at radius 2 is 2.00 bits per heavy atom. The summed E-state index contributed by atoms with van der Waals surface area (Å²) in [6.07, 6.45) is 1.71. The SMILES string of the molecule is CC1(C)O[C@@H]2[C@@H](CO[C@@]3(Cn4cccc4C=O)OC(C)(C)O[C@@H]23)O1. The van der Waals surface area contributed by atoms with Crippen LogP contribution in [0.15, 0.2) is 18.3 Å². The Hall–Kier alpha value is -1.25. The van der Waals surface area contributed by atoms with E-state index in [4.69, 9.17) is 23.7 Å². The molecule has 24 heavy (non-hydrogen) atoms. The number of nitrogens with zero attached hydrogens (tertiary/aromatic N) is 1. The van der Waals surface area contributed by atoms with Gasteiger partial charge >= 0.3 is 0 Å². The van der Waals surface area contributed by atoms with Crippen LogP contribution in [0.2, 0.25) is 0 Å². The van der Waals surface area contributed by atoms with Gasteiger partial charge in [-0.1, -0.05) is 0 Å². The predicted octanol–water partition coefficient (Wildman–Crippen LogP) is 1.70. The van der Waals surface area contributed by atoms with Gasteiger partial charge < -0.3 is 28.3 Å². The van der Waals surface area contributed by atoms with Crippen molar-refractivity contribution in [2.24, 2.45) is 0 Å². The fourth-order valence-corrected chi connectivity index (χ4v) is 3.88. The van der Waals surface area contributed by atoms with Crippen molar-refractivity contribution in [2.45, 2.75) is 69.9 Å². The van der Waals surface area contributed by atoms with Gasteiger partial charge in [-0.05, 0) is 39.8 Å². The first kappa shape index (κ1) is 16.2. The molecule has 1 aromatic rings. The van der Waals surface area contributed by atoms with E-state index in [-0.39, 0.29) is 12.2 Å². The van der Waals surface area contributed by atoms with E-state index in [2.05, 4.69) is 0 Å². The van der Waals surface area contributed by atoms with Gasteiger partial charge in [0.25, 0.3) is 0 Å². The summed E-state index contributed by atoms with van der Waals surface area (Å²) in [5.74, 6) is -2.53. The third kappa shape index (κ3) is 2.51. The van der Waals surface area contributed by atoms with E-state index < -0.39 is 23.5 Å². The number of rotatable bonds is 3. The quantitative estimate of drug-likeness (QED) is 0.782. The van der Waals surface area contributed by atoms with Gasteiger partial charge in [0.05, 0.1) is 18.8 Å². The van der Waals surface area contributed by atoms with Crippen LogP contribution in [0.25, 0.3) is 0 Å². The van der Waals surface area contributed by atoms with Crippen LogP contribution in [-0.4, -0.2) is 53.1 Å². The van der Waals surface area contributed by atoms with Gasteiger partial charge in [-0.25, -0.2) is 0 Å². The molecule has 7 nitrogen and oxygen atoms in total. The van der Waals surface area contributed by atoms with Crippen molar-refractivity contribution in [3.05, 3.63) is 24.0 Å². The lowest BCUT2D eigenvalue weighted by Crippen LogP contribution is -2.60. The summed E-state index contributed by atoms with van der Waals surface area (Å²) >= 11 is 0. The summed E-state index contributed by atoms with van der Waals surface area (Å²) in [5.41, 5.74) is 0.561. The predicted molar refractivity (Wildman–Crippen MR) is 82.4 cm³/mol. The highest BCUT2D eigenvalue weighted by Gasteiger charge is 2.65. The Labute approximate surface area is 140 Å². The van der Waals surface area contributed by atoms with Crippen LogP contribution in [-0.2, 0) is 30.2 Å². The average molecular weight is 337 g/mol. The smallest absolute Gasteiger partial charge is 0.218 e. The van der Waals surface area contributed by atoms with E-state index in [1.807, 2.05) is 44.5 Å². The summed E-state index contributed by atoms with van der Waals surface area (Å²) in [4.78, 5) is 11.2. The van der Waals surface area contributed by atoms with Crippen molar-refractivity contribution in [1.29, 1.82) is 0 Å². The Kier molecular flexibility index (Phi) is 3.47. The highest BCUT2D eigenvalue weighted by Crippen LogP contribution is 2.48. The van der Waals surface area contributed by atoms with Crippen LogP contribution in [0.3, 0.4) is 0 Å². The molecule has 1 aromatic heterocycles. The Morgan fingerprint density at radius 1 is 1.21 bits per heavy atom. The van der Waals surface area contributed by atoms with E-state index in [0.29, 0.717) is 18.8 Å². The molecule has 0 aromatic carbocycles. The lowest BCUT2D eigenvalue weighted by molar-refractivity contribution is -0.287. The zero-order valence-electron chi connectivity index (χ0n) is 14.4. The molecular weight excluding hydrogens is 314 g/mol. The maximum Gasteiger partial charge on any atom is 0.218 e. The first-order chi connectivity index (χ1) is 11.2. The normalized spacial score (nSPS) is 39.4. The van der Waals surface area contributed by atoms with Gasteiger partial charge in [-0.15, -0.1) is 0 Å². The van der Waals surface area contributed by atoms with Crippen LogP contribution in [0.1, 0.15) is 38.2 Å². The highest BCUT2D eigenvalue weighted by molar-refractivity contribution is 5.72. The Balaban J connectivity index is 1.68. The number of ether oxygens (including phenoxy) is 5. The molecule has 0 saturated carbocycles. The summed E-state index contributed by atoms with van der Waals surface area (Å²) in [7, 11) is 0. The summed E-state index contributed by atoms with van der Waals surface area (Å²) < 4.78 is 32.2. The maximum absolute atomic E-state index is 11.2. The molecule has 3 saturated heterocycles. The summed E-state index contributed by atoms with van der Waals surface area (Å²) in [5, 5.41) is 0. The minimum absolute atomic E-state index is 0.203. The minimum atomic E-state index is -1.02. The Bertz CT molecular complexity index is 653. The molecule has 7 heteroatoms. The first-order valence-corrected chi connectivity index (χ1v) is 8.22. The molecule has 132 valence electrons. The van der Waals surface area contributed by atoms with Crippen LogP contribution >= 0.6 is 0 Å². The topological polar surface area (TPSA) is 68.2 Å². The number of fused-ring (bicyclic) bond motifs is 3. The van der Waals surface area contributed by atoms with Crippen molar-refractivity contribution >= 4 is 6.29 Å². The zero-order chi connectivity index (χ0) is 17.2. The van der Waals surface area contributed by atoms with Crippen molar-refractivity contribution in [2.75, 3.05) is 6.61 Å². The number of hydrogen-bond acceptors (Lipinski definition) is 6. The molecular formula is C17H23NO6. The molecule has 0 N–H and O–H groups in total. The molecule has 0 spiro atoms. The highest BCUT2D eigenvalue weighted by atomic mass is 16.9. The van der Waals surface area contributed by atoms with Gasteiger partial charge in [0.15, 0.2) is 17.9 Å². The van der Waals surface area contributed by atoms with E-state index in [1.165, 1.54) is 0 Å². The van der Waals surface area contributed by atoms with Crippen LogP contribution in [0, 0.1) is 0 Å². The van der Waals surface area contributed by atoms with E-state index in [1.54, 1.807) is 6.07 Å². The third-order valence-corrected chi connectivity index (χ3v) is 4.65. The maximum atomic E-state index is 11.2. The molecule has 0 aliphatic carbocycles. The molecule has 0 unspecified atom stereocenters.